The Morgan fingerprint density at radius 2 is 1.74 bits per heavy atom. The minimum atomic E-state index is -4.17. The standard InChI is InChI=1S/C32H53NO12S/c1-16(4-7-23(35)33-12-13-46(41,42)43)19-5-6-20-24-21(9-11-32(19,20)3)31(2)10-8-18(14-17(31)15-22(24)34)44-30-27(38)25(36)26(37)28(45-30)29(39)40/h16-22,24-28,30,34,36-38H,4-15H2,1-3H3,(H,33,35)(H,39,40)(H,41,42,43)/t16-,17+,18-,19-,20+,21+,22-,24+,25+,26+,27-,28+,30-,31+,32-/m1/s1/i8D2,14D2. The van der Waals surface area contributed by atoms with Gasteiger partial charge in [0.25, 0.3) is 10.1 Å². The molecule has 264 valence electrons. The molecule has 4 saturated carbocycles. The van der Waals surface area contributed by atoms with E-state index >= 15 is 0 Å². The maximum atomic E-state index is 12.4. The van der Waals surface area contributed by atoms with E-state index in [9.17, 15) is 46.3 Å². The zero-order valence-electron chi connectivity index (χ0n) is 30.6. The van der Waals surface area contributed by atoms with Crippen molar-refractivity contribution in [2.24, 2.45) is 46.3 Å². The van der Waals surface area contributed by atoms with Crippen molar-refractivity contribution in [3.63, 3.8) is 0 Å². The molecule has 0 aromatic heterocycles. The summed E-state index contributed by atoms with van der Waals surface area (Å²) in [5, 5.41) is 54.7. The largest absolute Gasteiger partial charge is 0.479 e. The lowest BCUT2D eigenvalue weighted by molar-refractivity contribution is -0.310. The molecular weight excluding hydrogens is 622 g/mol. The second-order valence-electron chi connectivity index (χ2n) is 14.8. The highest BCUT2D eigenvalue weighted by atomic mass is 32.2. The minimum Gasteiger partial charge on any atom is -0.479 e. The summed E-state index contributed by atoms with van der Waals surface area (Å²) in [6.07, 6.45) is -13.6. The molecule has 1 amide bonds. The molecule has 5 fully saturated rings. The van der Waals surface area contributed by atoms with Crippen LogP contribution in [-0.4, -0.2) is 106 Å². The molecule has 1 heterocycles. The Hall–Kier alpha value is -1.39. The molecule has 46 heavy (non-hydrogen) atoms. The number of carbonyl (C=O) groups excluding carboxylic acids is 1. The van der Waals surface area contributed by atoms with E-state index in [4.69, 9.17) is 16.8 Å². The SMILES string of the molecule is [2H]C1([2H])C[C@@]2(C)[C@H](C[C@@H](O)[C@@H]3[C@@H]2CC[C@]2(C)[C@@H]([C@H](C)CCC(=O)NCCS(=O)(=O)O)CC[C@@H]32)C([2H])([2H])[C@@H]1O[C@@H]1O[C@H](C(=O)O)[C@@H](O)[C@H](O)[C@H]1O. The Bertz CT molecular complexity index is 1410. The average Bonchev–Trinajstić information content (AvgIpc) is 3.35. The Morgan fingerprint density at radius 3 is 2.41 bits per heavy atom. The first-order valence-electron chi connectivity index (χ1n) is 18.4. The van der Waals surface area contributed by atoms with Crippen LogP contribution in [0.4, 0.5) is 0 Å². The highest BCUT2D eigenvalue weighted by molar-refractivity contribution is 7.85. The monoisotopic (exact) mass is 679 g/mol. The molecule has 7 N–H and O–H groups in total. The van der Waals surface area contributed by atoms with Gasteiger partial charge < -0.3 is 40.3 Å². The summed E-state index contributed by atoms with van der Waals surface area (Å²) in [6, 6.07) is 0. The Kier molecular flexibility index (Phi) is 8.99. The van der Waals surface area contributed by atoms with Gasteiger partial charge in [0.1, 0.15) is 18.3 Å². The number of hydrogen-bond donors (Lipinski definition) is 7. The van der Waals surface area contributed by atoms with Gasteiger partial charge in [-0.15, -0.1) is 0 Å². The number of ether oxygens (including phenoxy) is 2. The highest BCUT2D eigenvalue weighted by Gasteiger charge is 2.63. The second-order valence-corrected chi connectivity index (χ2v) is 16.4. The summed E-state index contributed by atoms with van der Waals surface area (Å²) < 4.78 is 78.5. The summed E-state index contributed by atoms with van der Waals surface area (Å²) in [6.45, 7) is 6.04. The normalized spacial score (nSPS) is 49.9. The zero-order valence-corrected chi connectivity index (χ0v) is 27.4. The van der Waals surface area contributed by atoms with Crippen molar-refractivity contribution in [3.05, 3.63) is 0 Å². The van der Waals surface area contributed by atoms with Crippen molar-refractivity contribution in [2.45, 2.75) is 128 Å². The first-order valence-corrected chi connectivity index (χ1v) is 18.0. The van der Waals surface area contributed by atoms with Crippen molar-refractivity contribution >= 4 is 22.0 Å². The summed E-state index contributed by atoms with van der Waals surface area (Å²) in [7, 11) is -4.17. The number of aliphatic carboxylic acids is 1. The molecule has 14 heteroatoms. The van der Waals surface area contributed by atoms with E-state index in [1.807, 2.05) is 6.92 Å². The van der Waals surface area contributed by atoms with E-state index in [0.29, 0.717) is 12.8 Å². The van der Waals surface area contributed by atoms with Gasteiger partial charge in [-0.2, -0.15) is 8.42 Å². The lowest BCUT2D eigenvalue weighted by atomic mass is 9.43. The van der Waals surface area contributed by atoms with E-state index < -0.39 is 88.8 Å². The van der Waals surface area contributed by atoms with Gasteiger partial charge in [0, 0.05) is 18.4 Å². The number of nitrogens with one attached hydrogen (secondary N) is 1. The van der Waals surface area contributed by atoms with Crippen LogP contribution in [-0.2, 0) is 29.2 Å². The fourth-order valence-corrected chi connectivity index (χ4v) is 10.2. The van der Waals surface area contributed by atoms with Gasteiger partial charge in [0.05, 0.1) is 18.0 Å². The molecule has 15 atom stereocenters. The molecular formula is C32H53NO12S. The fraction of sp³-hybridized carbons (Fsp3) is 0.938. The van der Waals surface area contributed by atoms with Crippen LogP contribution < -0.4 is 5.32 Å². The van der Waals surface area contributed by atoms with E-state index in [2.05, 4.69) is 19.2 Å². The Balaban J connectivity index is 1.31. The van der Waals surface area contributed by atoms with Crippen molar-refractivity contribution in [3.8, 4) is 0 Å². The molecule has 5 rings (SSSR count). The lowest BCUT2D eigenvalue weighted by Gasteiger charge is -2.62. The second kappa shape index (κ2) is 13.5. The third-order valence-corrected chi connectivity index (χ3v) is 13.0. The van der Waals surface area contributed by atoms with Gasteiger partial charge in [-0.25, -0.2) is 4.79 Å². The molecule has 13 nitrogen and oxygen atoms in total. The number of aliphatic hydroxyl groups is 4. The summed E-state index contributed by atoms with van der Waals surface area (Å²) >= 11 is 0. The van der Waals surface area contributed by atoms with Crippen LogP contribution in [0.15, 0.2) is 0 Å². The number of carboxylic acids is 1. The average molecular weight is 680 g/mol. The van der Waals surface area contributed by atoms with Crippen LogP contribution in [0, 0.1) is 46.3 Å². The molecule has 4 aliphatic carbocycles. The quantitative estimate of drug-likeness (QED) is 0.128. The van der Waals surface area contributed by atoms with Gasteiger partial charge in [0.2, 0.25) is 5.91 Å². The summed E-state index contributed by atoms with van der Waals surface area (Å²) in [5.41, 5.74) is -1.07. The zero-order chi connectivity index (χ0) is 37.4. The number of fused-ring (bicyclic) bond motifs is 5. The van der Waals surface area contributed by atoms with Crippen LogP contribution in [0.1, 0.15) is 90.4 Å². The van der Waals surface area contributed by atoms with E-state index in [-0.39, 0.29) is 66.7 Å². The minimum absolute atomic E-state index is 0.0320. The van der Waals surface area contributed by atoms with Crippen LogP contribution in [0.3, 0.4) is 0 Å². The van der Waals surface area contributed by atoms with Crippen molar-refractivity contribution in [1.29, 1.82) is 0 Å². The number of carbonyl (C=O) groups is 2. The Labute approximate surface area is 276 Å². The predicted molar refractivity (Wildman–Crippen MR) is 164 cm³/mol. The number of aliphatic hydroxyl groups excluding tert-OH is 4. The molecule has 0 aromatic rings. The summed E-state index contributed by atoms with van der Waals surface area (Å²) in [5.74, 6) is -3.33. The van der Waals surface area contributed by atoms with Crippen LogP contribution in [0.5, 0.6) is 0 Å². The van der Waals surface area contributed by atoms with E-state index in [1.54, 1.807) is 0 Å². The molecule has 0 aromatic carbocycles. The topological polar surface area (TPSA) is 220 Å². The molecule has 0 unspecified atom stereocenters. The van der Waals surface area contributed by atoms with Crippen LogP contribution in [0.25, 0.3) is 0 Å². The predicted octanol–water partition coefficient (Wildman–Crippen LogP) is 1.31. The highest BCUT2D eigenvalue weighted by Crippen LogP contribution is 2.68. The van der Waals surface area contributed by atoms with Gasteiger partial charge in [0.15, 0.2) is 12.4 Å². The first-order chi connectivity index (χ1) is 23.0. The fourth-order valence-electron chi connectivity index (χ4n) is 9.82. The van der Waals surface area contributed by atoms with Crippen molar-refractivity contribution in [1.82, 2.24) is 5.32 Å². The maximum absolute atomic E-state index is 12.4. The number of hydrogen-bond acceptors (Lipinski definition) is 10. The summed E-state index contributed by atoms with van der Waals surface area (Å²) in [4.78, 5) is 24.0. The van der Waals surface area contributed by atoms with Crippen LogP contribution >= 0.6 is 0 Å². The van der Waals surface area contributed by atoms with Gasteiger partial charge in [-0.3, -0.25) is 9.35 Å². The molecule has 0 spiro atoms. The maximum Gasteiger partial charge on any atom is 0.335 e. The number of carboxylic acid groups (broad SMARTS) is 1. The molecule has 0 bridgehead atoms. The smallest absolute Gasteiger partial charge is 0.335 e. The molecule has 1 saturated heterocycles. The van der Waals surface area contributed by atoms with Crippen molar-refractivity contribution in [2.75, 3.05) is 12.3 Å². The van der Waals surface area contributed by atoms with E-state index in [0.717, 1.165) is 19.3 Å². The molecule has 1 aliphatic heterocycles. The van der Waals surface area contributed by atoms with Gasteiger partial charge in [-0.05, 0) is 104 Å². The van der Waals surface area contributed by atoms with Crippen LogP contribution in [0.2, 0.25) is 0 Å². The third kappa shape index (κ3) is 6.87. The lowest BCUT2D eigenvalue weighted by Crippen LogP contribution is -2.61. The molecule has 0 radical (unpaired) electrons. The molecule has 5 aliphatic rings. The van der Waals surface area contributed by atoms with Gasteiger partial charge in [-0.1, -0.05) is 20.8 Å². The first kappa shape index (κ1) is 30.7. The third-order valence-electron chi connectivity index (χ3n) is 12.3. The van der Waals surface area contributed by atoms with Crippen molar-refractivity contribution < 1.29 is 63.0 Å². The number of amides is 1. The number of rotatable bonds is 10. The van der Waals surface area contributed by atoms with Gasteiger partial charge >= 0.3 is 5.97 Å². The van der Waals surface area contributed by atoms with E-state index in [1.165, 1.54) is 0 Å². The Morgan fingerprint density at radius 1 is 1.04 bits per heavy atom.